The lowest BCUT2D eigenvalue weighted by atomic mass is 9.99. The largest absolute Gasteiger partial charge is 0.507 e. The SMILES string of the molecule is CCCCOc1cccc(C(O)=C2C(=O)C(=O)N(c3nc4ccc(C)cc4s3)C2c2ccc(C)o2)c1. The minimum Gasteiger partial charge on any atom is -0.507 e. The molecule has 5 rings (SSSR count). The number of unbranched alkanes of at least 4 members (excludes halogenated alkanes) is 1. The third-order valence-corrected chi connectivity index (χ3v) is 7.11. The van der Waals surface area contributed by atoms with Crippen LogP contribution in [0.2, 0.25) is 0 Å². The molecule has 1 amide bonds. The number of hydrogen-bond acceptors (Lipinski definition) is 7. The smallest absolute Gasteiger partial charge is 0.302 e. The summed E-state index contributed by atoms with van der Waals surface area (Å²) in [5, 5.41) is 11.7. The van der Waals surface area contributed by atoms with Gasteiger partial charge < -0.3 is 14.3 Å². The number of aliphatic hydroxyl groups excluding tert-OH is 1. The number of benzene rings is 2. The number of ether oxygens (including phenoxy) is 1. The first kappa shape index (κ1) is 23.8. The number of carbonyl (C=O) groups is 2. The van der Waals surface area contributed by atoms with Gasteiger partial charge in [0, 0.05) is 5.56 Å². The van der Waals surface area contributed by atoms with Crippen molar-refractivity contribution in [3.8, 4) is 5.75 Å². The second-order valence-electron chi connectivity index (χ2n) is 8.81. The molecule has 0 radical (unpaired) electrons. The second-order valence-corrected chi connectivity index (χ2v) is 9.82. The highest BCUT2D eigenvalue weighted by molar-refractivity contribution is 7.22. The fraction of sp³-hybridized carbons (Fsp3) is 0.250. The van der Waals surface area contributed by atoms with Crippen LogP contribution in [0.4, 0.5) is 5.13 Å². The highest BCUT2D eigenvalue weighted by Gasteiger charge is 2.49. The van der Waals surface area contributed by atoms with E-state index in [-0.39, 0.29) is 11.3 Å². The third-order valence-electron chi connectivity index (χ3n) is 6.09. The number of Topliss-reactive ketones (excluding diaryl/α,β-unsaturated/α-hetero) is 1. The van der Waals surface area contributed by atoms with Crippen molar-refractivity contribution < 1.29 is 23.8 Å². The predicted octanol–water partition coefficient (Wildman–Crippen LogP) is 6.31. The maximum Gasteiger partial charge on any atom is 0.302 e. The van der Waals surface area contributed by atoms with Crippen LogP contribution < -0.4 is 9.64 Å². The van der Waals surface area contributed by atoms with Crippen LogP contribution in [0.5, 0.6) is 5.75 Å². The summed E-state index contributed by atoms with van der Waals surface area (Å²) in [5.41, 5.74) is 2.14. The summed E-state index contributed by atoms with van der Waals surface area (Å²) >= 11 is 1.32. The van der Waals surface area contributed by atoms with Crippen molar-refractivity contribution in [2.45, 2.75) is 39.7 Å². The molecule has 1 atom stereocenters. The molecule has 4 aromatic rings. The lowest BCUT2D eigenvalue weighted by Crippen LogP contribution is -2.29. The maximum atomic E-state index is 13.4. The molecule has 3 heterocycles. The molecule has 184 valence electrons. The van der Waals surface area contributed by atoms with Gasteiger partial charge in [-0.2, -0.15) is 0 Å². The Morgan fingerprint density at radius 2 is 1.97 bits per heavy atom. The van der Waals surface area contributed by atoms with Crippen molar-refractivity contribution in [1.82, 2.24) is 4.98 Å². The van der Waals surface area contributed by atoms with Crippen LogP contribution in [0.15, 0.2) is 64.6 Å². The fourth-order valence-electron chi connectivity index (χ4n) is 4.25. The lowest BCUT2D eigenvalue weighted by molar-refractivity contribution is -0.132. The molecule has 1 saturated heterocycles. The van der Waals surface area contributed by atoms with E-state index < -0.39 is 17.7 Å². The highest BCUT2D eigenvalue weighted by atomic mass is 32.1. The zero-order valence-corrected chi connectivity index (χ0v) is 21.1. The van der Waals surface area contributed by atoms with Gasteiger partial charge in [0.25, 0.3) is 5.78 Å². The summed E-state index contributed by atoms with van der Waals surface area (Å²) in [6.07, 6.45) is 1.90. The minimum atomic E-state index is -0.954. The van der Waals surface area contributed by atoms with E-state index in [0.29, 0.717) is 34.6 Å². The molecule has 0 spiro atoms. The van der Waals surface area contributed by atoms with Crippen molar-refractivity contribution in [3.05, 3.63) is 82.8 Å². The number of aromatic nitrogens is 1. The zero-order valence-electron chi connectivity index (χ0n) is 20.3. The van der Waals surface area contributed by atoms with E-state index in [1.54, 1.807) is 43.3 Å². The molecule has 1 unspecified atom stereocenters. The standard InChI is InChI=1S/C28H26N2O5S/c1-4-5-13-34-19-8-6-7-18(15-19)25(31)23-24(21-12-10-17(3)35-21)30(27(33)26(23)32)28-29-20-11-9-16(2)14-22(20)36-28/h6-12,14-15,24,31H,4-5,13H2,1-3H3. The number of carbonyl (C=O) groups excluding carboxylic acids is 2. The topological polar surface area (TPSA) is 92.9 Å². The van der Waals surface area contributed by atoms with Crippen molar-refractivity contribution >= 4 is 44.1 Å². The Kier molecular flexibility index (Phi) is 6.36. The van der Waals surface area contributed by atoms with Gasteiger partial charge >= 0.3 is 5.91 Å². The summed E-state index contributed by atoms with van der Waals surface area (Å²) in [4.78, 5) is 32.7. The number of anilines is 1. The van der Waals surface area contributed by atoms with Gasteiger partial charge in [0.1, 0.15) is 29.1 Å². The maximum absolute atomic E-state index is 13.4. The van der Waals surface area contributed by atoms with E-state index in [9.17, 15) is 14.7 Å². The lowest BCUT2D eigenvalue weighted by Gasteiger charge is -2.20. The Bertz CT molecular complexity index is 1500. The van der Waals surface area contributed by atoms with Gasteiger partial charge in [0.2, 0.25) is 0 Å². The van der Waals surface area contributed by atoms with Crippen LogP contribution in [0, 0.1) is 13.8 Å². The third kappa shape index (κ3) is 4.28. The van der Waals surface area contributed by atoms with Crippen LogP contribution in [-0.2, 0) is 9.59 Å². The molecule has 1 aliphatic heterocycles. The van der Waals surface area contributed by atoms with Crippen molar-refractivity contribution in [1.29, 1.82) is 0 Å². The van der Waals surface area contributed by atoms with Gasteiger partial charge in [-0.05, 0) is 62.2 Å². The average molecular weight is 503 g/mol. The van der Waals surface area contributed by atoms with Gasteiger partial charge in [0.05, 0.1) is 22.4 Å². The number of aryl methyl sites for hydroxylation is 2. The summed E-state index contributed by atoms with van der Waals surface area (Å²) in [6.45, 7) is 6.39. The van der Waals surface area contributed by atoms with E-state index in [2.05, 4.69) is 11.9 Å². The average Bonchev–Trinajstić information content (AvgIpc) is 3.54. The number of fused-ring (bicyclic) bond motifs is 1. The number of aliphatic hydroxyl groups is 1. The van der Waals surface area contributed by atoms with E-state index in [1.807, 2.05) is 25.1 Å². The first-order valence-corrected chi connectivity index (χ1v) is 12.7. The van der Waals surface area contributed by atoms with E-state index >= 15 is 0 Å². The van der Waals surface area contributed by atoms with Gasteiger partial charge in [-0.3, -0.25) is 14.5 Å². The first-order chi connectivity index (χ1) is 17.4. The number of hydrogen-bond donors (Lipinski definition) is 1. The summed E-state index contributed by atoms with van der Waals surface area (Å²) < 4.78 is 12.5. The van der Waals surface area contributed by atoms with E-state index in [1.165, 1.54) is 16.2 Å². The molecule has 36 heavy (non-hydrogen) atoms. The molecule has 1 N–H and O–H groups in total. The minimum absolute atomic E-state index is 0.0458. The normalized spacial score (nSPS) is 17.3. The molecular formula is C28H26N2O5S. The Balaban J connectivity index is 1.63. The quantitative estimate of drug-likeness (QED) is 0.138. The van der Waals surface area contributed by atoms with Crippen LogP contribution in [0.3, 0.4) is 0 Å². The number of nitrogens with zero attached hydrogens (tertiary/aromatic N) is 2. The number of rotatable bonds is 7. The Labute approximate surface area is 212 Å². The molecule has 1 aliphatic rings. The van der Waals surface area contributed by atoms with E-state index in [4.69, 9.17) is 9.15 Å². The monoisotopic (exact) mass is 502 g/mol. The molecule has 1 fully saturated rings. The number of amides is 1. The van der Waals surface area contributed by atoms with Crippen LogP contribution >= 0.6 is 11.3 Å². The summed E-state index contributed by atoms with van der Waals surface area (Å²) in [6, 6.07) is 15.2. The van der Waals surface area contributed by atoms with Crippen LogP contribution in [-0.4, -0.2) is 28.4 Å². The van der Waals surface area contributed by atoms with Crippen LogP contribution in [0.1, 0.15) is 48.5 Å². The molecule has 7 nitrogen and oxygen atoms in total. The molecule has 0 saturated carbocycles. The highest BCUT2D eigenvalue weighted by Crippen LogP contribution is 2.45. The van der Waals surface area contributed by atoms with Gasteiger partial charge in [-0.1, -0.05) is 42.9 Å². The van der Waals surface area contributed by atoms with Gasteiger partial charge in [-0.25, -0.2) is 4.98 Å². The number of thiazole rings is 1. The summed E-state index contributed by atoms with van der Waals surface area (Å²) in [5.74, 6) is -0.261. The number of ketones is 1. The fourth-order valence-corrected chi connectivity index (χ4v) is 5.34. The van der Waals surface area contributed by atoms with E-state index in [0.717, 1.165) is 28.6 Å². The molecule has 2 aromatic heterocycles. The Hall–Kier alpha value is -3.91. The van der Waals surface area contributed by atoms with Crippen LogP contribution in [0.25, 0.3) is 16.0 Å². The van der Waals surface area contributed by atoms with Gasteiger partial charge in [-0.15, -0.1) is 0 Å². The van der Waals surface area contributed by atoms with Crippen molar-refractivity contribution in [2.24, 2.45) is 0 Å². The van der Waals surface area contributed by atoms with Crippen molar-refractivity contribution in [3.63, 3.8) is 0 Å². The summed E-state index contributed by atoms with van der Waals surface area (Å²) in [7, 11) is 0. The predicted molar refractivity (Wildman–Crippen MR) is 139 cm³/mol. The zero-order chi connectivity index (χ0) is 25.4. The van der Waals surface area contributed by atoms with Crippen molar-refractivity contribution in [2.75, 3.05) is 11.5 Å². The Morgan fingerprint density at radius 3 is 2.72 bits per heavy atom. The Morgan fingerprint density at radius 1 is 1.14 bits per heavy atom. The molecule has 0 aliphatic carbocycles. The first-order valence-electron chi connectivity index (χ1n) is 11.8. The van der Waals surface area contributed by atoms with Gasteiger partial charge in [0.15, 0.2) is 5.13 Å². The molecule has 2 aromatic carbocycles. The molecular weight excluding hydrogens is 476 g/mol. The molecule has 0 bridgehead atoms. The second kappa shape index (κ2) is 9.62. The molecule has 8 heteroatoms. The number of furan rings is 1.